The Labute approximate surface area is 191 Å². The summed E-state index contributed by atoms with van der Waals surface area (Å²) in [6.45, 7) is 6.82. The molecule has 2 fully saturated rings. The SMILES string of the molecule is COC1(c2cc(-c3cn([C@@H](C)C4CC4)c(=O)c4c(N)n[nH]c34)nn2C)CN(C(=O)C(C)C)C1. The van der Waals surface area contributed by atoms with Crippen molar-refractivity contribution in [2.75, 3.05) is 25.9 Å². The van der Waals surface area contributed by atoms with Crippen LogP contribution in [0.2, 0.25) is 0 Å². The number of carbonyl (C=O) groups excluding carboxylic acids is 1. The largest absolute Gasteiger partial charge is 0.382 e. The molecule has 5 rings (SSSR count). The number of methoxy groups -OCH3 is 1. The van der Waals surface area contributed by atoms with Crippen LogP contribution in [0.4, 0.5) is 5.82 Å². The van der Waals surface area contributed by atoms with Crippen LogP contribution in [0.3, 0.4) is 0 Å². The van der Waals surface area contributed by atoms with Crippen molar-refractivity contribution >= 4 is 22.6 Å². The third kappa shape index (κ3) is 3.26. The number of pyridine rings is 1. The van der Waals surface area contributed by atoms with Crippen molar-refractivity contribution in [2.24, 2.45) is 18.9 Å². The summed E-state index contributed by atoms with van der Waals surface area (Å²) in [6, 6.07) is 2.05. The average Bonchev–Trinajstić information content (AvgIpc) is 3.43. The number of H-pyrrole nitrogens is 1. The number of carbonyl (C=O) groups is 1. The number of likely N-dealkylation sites (tertiary alicyclic amines) is 1. The molecule has 0 radical (unpaired) electrons. The molecule has 2 aliphatic rings. The molecule has 3 aromatic heterocycles. The van der Waals surface area contributed by atoms with Gasteiger partial charge in [-0.25, -0.2) is 0 Å². The summed E-state index contributed by atoms with van der Waals surface area (Å²) in [5, 5.41) is 12.2. The summed E-state index contributed by atoms with van der Waals surface area (Å²) in [5.74, 6) is 0.744. The number of hydrogen-bond donors (Lipinski definition) is 2. The first-order chi connectivity index (χ1) is 15.7. The van der Waals surface area contributed by atoms with Gasteiger partial charge >= 0.3 is 0 Å². The first-order valence-corrected chi connectivity index (χ1v) is 11.4. The zero-order valence-electron chi connectivity index (χ0n) is 19.8. The number of fused-ring (bicyclic) bond motifs is 1. The number of aryl methyl sites for hydroxylation is 1. The van der Waals surface area contributed by atoms with Gasteiger partial charge in [-0.3, -0.25) is 19.4 Å². The number of anilines is 1. The maximum absolute atomic E-state index is 13.2. The molecular weight excluding hydrogens is 422 g/mol. The predicted octanol–water partition coefficient (Wildman–Crippen LogP) is 2.02. The minimum absolute atomic E-state index is 0.0596. The molecule has 10 nitrogen and oxygen atoms in total. The lowest BCUT2D eigenvalue weighted by atomic mass is 9.88. The molecule has 4 heterocycles. The Kier molecular flexibility index (Phi) is 4.89. The van der Waals surface area contributed by atoms with Crippen molar-refractivity contribution in [1.29, 1.82) is 0 Å². The standard InChI is InChI=1S/C23H31N7O3/c1-12(2)21(31)29-10-23(11-29,33-5)17-8-16(27-28(17)4)15-9-30(13(3)14-6-7-14)22(32)18-19(15)25-26-20(18)24/h8-9,12-14H,6-7,10-11H2,1-5H3,(H3,24,25,26)/t13-/m0/s1. The van der Waals surface area contributed by atoms with E-state index < -0.39 is 5.60 Å². The van der Waals surface area contributed by atoms with Gasteiger partial charge in [-0.2, -0.15) is 10.2 Å². The number of aromatic amines is 1. The zero-order chi connectivity index (χ0) is 23.7. The van der Waals surface area contributed by atoms with Crippen molar-refractivity contribution in [2.45, 2.75) is 45.3 Å². The van der Waals surface area contributed by atoms with Crippen molar-refractivity contribution in [3.63, 3.8) is 0 Å². The molecule has 1 aliphatic heterocycles. The summed E-state index contributed by atoms with van der Waals surface area (Å²) < 4.78 is 9.48. The monoisotopic (exact) mass is 453 g/mol. The molecule has 0 unspecified atom stereocenters. The summed E-state index contributed by atoms with van der Waals surface area (Å²) in [5.41, 5.74) is 8.24. The van der Waals surface area contributed by atoms with E-state index in [-0.39, 0.29) is 29.2 Å². The second kappa shape index (κ2) is 7.44. The highest BCUT2D eigenvalue weighted by Gasteiger charge is 2.49. The van der Waals surface area contributed by atoms with E-state index in [0.717, 1.165) is 24.1 Å². The van der Waals surface area contributed by atoms with Crippen LogP contribution in [0.25, 0.3) is 22.2 Å². The number of rotatable bonds is 6. The molecule has 1 aliphatic carbocycles. The van der Waals surface area contributed by atoms with Crippen molar-refractivity contribution < 1.29 is 9.53 Å². The molecule has 3 aromatic rings. The number of nitrogens with one attached hydrogen (secondary N) is 1. The Morgan fingerprint density at radius 2 is 2.00 bits per heavy atom. The normalized spacial score (nSPS) is 18.7. The van der Waals surface area contributed by atoms with E-state index in [1.54, 1.807) is 16.4 Å². The molecule has 1 amide bonds. The summed E-state index contributed by atoms with van der Waals surface area (Å²) in [6.07, 6.45) is 4.11. The van der Waals surface area contributed by atoms with Gasteiger partial charge in [-0.1, -0.05) is 13.8 Å². The third-order valence-electron chi connectivity index (χ3n) is 7.23. The molecule has 1 atom stereocenters. The van der Waals surface area contributed by atoms with E-state index in [1.165, 1.54) is 0 Å². The second-order valence-electron chi connectivity index (χ2n) is 9.78. The highest BCUT2D eigenvalue weighted by molar-refractivity contribution is 5.97. The maximum atomic E-state index is 13.2. The Balaban J connectivity index is 1.58. The van der Waals surface area contributed by atoms with Crippen molar-refractivity contribution in [3.8, 4) is 11.3 Å². The topological polar surface area (TPSA) is 124 Å². The molecule has 33 heavy (non-hydrogen) atoms. The van der Waals surface area contributed by atoms with Crippen molar-refractivity contribution in [3.05, 3.63) is 28.3 Å². The number of nitrogens with two attached hydrogens (primary N) is 1. The van der Waals surface area contributed by atoms with Crippen LogP contribution < -0.4 is 11.3 Å². The lowest BCUT2D eigenvalue weighted by Crippen LogP contribution is -2.63. The highest BCUT2D eigenvalue weighted by Crippen LogP contribution is 2.41. The first-order valence-electron chi connectivity index (χ1n) is 11.4. The number of aromatic nitrogens is 5. The molecule has 1 saturated heterocycles. The molecule has 0 bridgehead atoms. The third-order valence-corrected chi connectivity index (χ3v) is 7.23. The smallest absolute Gasteiger partial charge is 0.264 e. The highest BCUT2D eigenvalue weighted by atomic mass is 16.5. The molecule has 10 heteroatoms. The van der Waals surface area contributed by atoms with Crippen LogP contribution in [0.5, 0.6) is 0 Å². The Morgan fingerprint density at radius 3 is 2.61 bits per heavy atom. The van der Waals surface area contributed by atoms with E-state index in [2.05, 4.69) is 17.1 Å². The lowest BCUT2D eigenvalue weighted by Gasteiger charge is -2.49. The first kappa shape index (κ1) is 21.7. The number of hydrogen-bond acceptors (Lipinski definition) is 6. The second-order valence-corrected chi connectivity index (χ2v) is 9.78. The summed E-state index contributed by atoms with van der Waals surface area (Å²) in [4.78, 5) is 27.4. The van der Waals surface area contributed by atoms with Gasteiger partial charge in [0.2, 0.25) is 5.91 Å². The molecule has 0 spiro atoms. The van der Waals surface area contributed by atoms with E-state index in [4.69, 9.17) is 15.6 Å². The van der Waals surface area contributed by atoms with Crippen LogP contribution in [0.15, 0.2) is 17.1 Å². The quantitative estimate of drug-likeness (QED) is 0.588. The molecule has 0 aromatic carbocycles. The summed E-state index contributed by atoms with van der Waals surface area (Å²) in [7, 11) is 3.53. The van der Waals surface area contributed by atoms with Crippen LogP contribution in [-0.2, 0) is 22.2 Å². The van der Waals surface area contributed by atoms with Crippen molar-refractivity contribution in [1.82, 2.24) is 29.4 Å². The van der Waals surface area contributed by atoms with Gasteiger partial charge in [0.1, 0.15) is 11.0 Å². The minimum atomic E-state index is -0.619. The minimum Gasteiger partial charge on any atom is -0.382 e. The number of amides is 1. The molecule has 3 N–H and O–H groups in total. The molecule has 1 saturated carbocycles. The molecular formula is C23H31N7O3. The fourth-order valence-electron chi connectivity index (χ4n) is 4.97. The van der Waals surface area contributed by atoms with Crippen LogP contribution in [0.1, 0.15) is 45.3 Å². The fourth-order valence-corrected chi connectivity index (χ4v) is 4.97. The van der Waals surface area contributed by atoms with Gasteiger partial charge in [-0.05, 0) is 31.7 Å². The number of nitrogens with zero attached hydrogens (tertiary/aromatic N) is 5. The average molecular weight is 454 g/mol. The van der Waals surface area contributed by atoms with Gasteiger partial charge in [-0.15, -0.1) is 0 Å². The Morgan fingerprint density at radius 1 is 1.30 bits per heavy atom. The predicted molar refractivity (Wildman–Crippen MR) is 125 cm³/mol. The zero-order valence-corrected chi connectivity index (χ0v) is 19.8. The van der Waals surface area contributed by atoms with Gasteiger partial charge in [0.15, 0.2) is 5.82 Å². The summed E-state index contributed by atoms with van der Waals surface area (Å²) >= 11 is 0. The number of nitrogen functional groups attached to an aromatic ring is 1. The van der Waals surface area contributed by atoms with Crippen LogP contribution >= 0.6 is 0 Å². The van der Waals surface area contributed by atoms with Gasteiger partial charge in [0.25, 0.3) is 5.56 Å². The van der Waals surface area contributed by atoms with Gasteiger partial charge in [0, 0.05) is 37.9 Å². The Bertz CT molecular complexity index is 1290. The molecule has 176 valence electrons. The van der Waals surface area contributed by atoms with E-state index >= 15 is 0 Å². The number of ether oxygens (including phenoxy) is 1. The van der Waals surface area contributed by atoms with Crippen LogP contribution in [-0.4, -0.2) is 55.6 Å². The lowest BCUT2D eigenvalue weighted by molar-refractivity contribution is -0.169. The Hall–Kier alpha value is -3.14. The maximum Gasteiger partial charge on any atom is 0.264 e. The van der Waals surface area contributed by atoms with E-state index in [9.17, 15) is 9.59 Å². The van der Waals surface area contributed by atoms with Gasteiger partial charge < -0.3 is 19.9 Å². The fraction of sp³-hybridized carbons (Fsp3) is 0.565. The van der Waals surface area contributed by atoms with Gasteiger partial charge in [0.05, 0.1) is 30.0 Å². The van der Waals surface area contributed by atoms with E-state index in [1.807, 2.05) is 38.1 Å². The van der Waals surface area contributed by atoms with Crippen LogP contribution in [0, 0.1) is 11.8 Å². The van der Waals surface area contributed by atoms with E-state index in [0.29, 0.717) is 35.6 Å².